The van der Waals surface area contributed by atoms with Crippen molar-refractivity contribution in [3.8, 4) is 0 Å². The minimum absolute atomic E-state index is 0.194. The van der Waals surface area contributed by atoms with Crippen LogP contribution in [0, 0.1) is 13.8 Å². The third kappa shape index (κ3) is 4.52. The molecule has 1 heterocycles. The number of nitrogens with one attached hydrogen (secondary N) is 1. The Morgan fingerprint density at radius 2 is 1.71 bits per heavy atom. The first kappa shape index (κ1) is 19.9. The summed E-state index contributed by atoms with van der Waals surface area (Å²) in [6.45, 7) is 3.22. The van der Waals surface area contributed by atoms with E-state index < -0.39 is 18.0 Å². The number of nitrogens with zero attached hydrogens (tertiary/aromatic N) is 1. The molecule has 0 fully saturated rings. The first-order chi connectivity index (χ1) is 13.3. The lowest BCUT2D eigenvalue weighted by Crippen LogP contribution is -2.26. The van der Waals surface area contributed by atoms with E-state index in [0.29, 0.717) is 32.8 Å². The molecule has 0 aliphatic rings. The smallest absolute Gasteiger partial charge is 0.344 e. The Balaban J connectivity index is 1.89. The molecule has 6 nitrogen and oxygen atoms in total. The van der Waals surface area contributed by atoms with Crippen molar-refractivity contribution in [2.75, 3.05) is 5.32 Å². The van der Waals surface area contributed by atoms with E-state index in [1.165, 1.54) is 0 Å². The fourth-order valence-electron chi connectivity index (χ4n) is 2.67. The number of rotatable bonds is 5. The number of carbonyl (C=O) groups excluding carboxylic acids is 2. The van der Waals surface area contributed by atoms with Gasteiger partial charge in [0.05, 0.1) is 5.69 Å². The third-order valence-electron chi connectivity index (χ3n) is 3.93. The molecule has 2 aromatic carbocycles. The van der Waals surface area contributed by atoms with E-state index in [0.717, 1.165) is 0 Å². The number of aromatic nitrogens is 1. The van der Waals surface area contributed by atoms with Crippen LogP contribution in [0.5, 0.6) is 0 Å². The lowest BCUT2D eigenvalue weighted by molar-refractivity contribution is -0.125. The van der Waals surface area contributed by atoms with Crippen molar-refractivity contribution in [3.63, 3.8) is 0 Å². The first-order valence-electron chi connectivity index (χ1n) is 8.31. The van der Waals surface area contributed by atoms with E-state index in [-0.39, 0.29) is 5.56 Å². The molecule has 144 valence electrons. The molecule has 0 saturated carbocycles. The third-order valence-corrected chi connectivity index (χ3v) is 4.37. The molecular weight excluding hydrogens is 403 g/mol. The van der Waals surface area contributed by atoms with Crippen molar-refractivity contribution in [3.05, 3.63) is 81.2 Å². The quantitative estimate of drug-likeness (QED) is 0.580. The molecule has 0 spiro atoms. The number of carbonyl (C=O) groups is 2. The number of halogens is 2. The lowest BCUT2D eigenvalue weighted by Gasteiger charge is -2.18. The average Bonchev–Trinajstić information content (AvgIpc) is 2.97. The minimum atomic E-state index is -1.19. The summed E-state index contributed by atoms with van der Waals surface area (Å²) >= 11 is 12.0. The van der Waals surface area contributed by atoms with Crippen LogP contribution in [0.1, 0.15) is 33.5 Å². The molecule has 1 amide bonds. The Labute approximate surface area is 171 Å². The summed E-state index contributed by atoms with van der Waals surface area (Å²) in [5, 5.41) is 7.16. The highest BCUT2D eigenvalue weighted by atomic mass is 35.5. The van der Waals surface area contributed by atoms with Crippen LogP contribution in [0.25, 0.3) is 0 Å². The van der Waals surface area contributed by atoms with Crippen molar-refractivity contribution in [2.45, 2.75) is 20.0 Å². The minimum Gasteiger partial charge on any atom is -0.444 e. The molecule has 0 aliphatic heterocycles. The van der Waals surface area contributed by atoms with Crippen molar-refractivity contribution in [1.29, 1.82) is 0 Å². The van der Waals surface area contributed by atoms with Gasteiger partial charge in [0.2, 0.25) is 6.10 Å². The number of anilines is 1. The Morgan fingerprint density at radius 1 is 1.07 bits per heavy atom. The molecule has 1 atom stereocenters. The molecule has 0 aliphatic carbocycles. The lowest BCUT2D eigenvalue weighted by atomic mass is 10.1. The highest BCUT2D eigenvalue weighted by Crippen LogP contribution is 2.26. The molecule has 3 rings (SSSR count). The fourth-order valence-corrected chi connectivity index (χ4v) is 3.20. The molecule has 1 N–H and O–H groups in total. The summed E-state index contributed by atoms with van der Waals surface area (Å²) in [4.78, 5) is 25.5. The first-order valence-corrected chi connectivity index (χ1v) is 9.06. The Hall–Kier alpha value is -2.83. The molecule has 3 aromatic rings. The standard InChI is InChI=1S/C20H16Cl2N2O4/c1-11-17(12(2)28-24-11)20(26)27-18(13-6-4-3-5-7-13)19(25)23-16-9-14(21)8-15(22)10-16/h3-10,18H,1-2H3,(H,23,25)/t18-/m0/s1. The monoisotopic (exact) mass is 418 g/mol. The maximum Gasteiger partial charge on any atom is 0.344 e. The number of esters is 1. The van der Waals surface area contributed by atoms with Crippen molar-refractivity contribution in [1.82, 2.24) is 5.16 Å². The van der Waals surface area contributed by atoms with Crippen molar-refractivity contribution >= 4 is 40.8 Å². The second-order valence-electron chi connectivity index (χ2n) is 6.04. The molecule has 0 saturated heterocycles. The highest BCUT2D eigenvalue weighted by molar-refractivity contribution is 6.35. The van der Waals surface area contributed by atoms with Gasteiger partial charge in [-0.15, -0.1) is 0 Å². The van der Waals surface area contributed by atoms with E-state index in [1.54, 1.807) is 62.4 Å². The molecule has 0 unspecified atom stereocenters. The van der Waals surface area contributed by atoms with Crippen LogP contribution in [-0.4, -0.2) is 17.0 Å². The summed E-state index contributed by atoms with van der Waals surface area (Å²) in [6, 6.07) is 13.3. The van der Waals surface area contributed by atoms with Gasteiger partial charge in [-0.2, -0.15) is 0 Å². The zero-order chi connectivity index (χ0) is 20.3. The van der Waals surface area contributed by atoms with E-state index in [1.807, 2.05) is 0 Å². The second kappa shape index (κ2) is 8.46. The fraction of sp³-hybridized carbons (Fsp3) is 0.150. The van der Waals surface area contributed by atoms with Gasteiger partial charge in [-0.1, -0.05) is 58.7 Å². The van der Waals surface area contributed by atoms with E-state index >= 15 is 0 Å². The zero-order valence-corrected chi connectivity index (χ0v) is 16.5. The van der Waals surface area contributed by atoms with Crippen molar-refractivity contribution < 1.29 is 18.8 Å². The van der Waals surface area contributed by atoms with Crippen LogP contribution in [0.2, 0.25) is 10.0 Å². The number of hydrogen-bond acceptors (Lipinski definition) is 5. The number of hydrogen-bond donors (Lipinski definition) is 1. The molecule has 8 heteroatoms. The van der Waals surface area contributed by atoms with E-state index in [2.05, 4.69) is 10.5 Å². The number of ether oxygens (including phenoxy) is 1. The summed E-state index contributed by atoms with van der Waals surface area (Å²) < 4.78 is 10.5. The Kier molecular flexibility index (Phi) is 6.02. The number of amides is 1. The Morgan fingerprint density at radius 3 is 2.29 bits per heavy atom. The molecule has 28 heavy (non-hydrogen) atoms. The van der Waals surface area contributed by atoms with Gasteiger partial charge in [0.15, 0.2) is 0 Å². The summed E-state index contributed by atoms with van der Waals surface area (Å²) in [5.74, 6) is -0.939. The molecule has 0 bridgehead atoms. The molecular formula is C20H16Cl2N2O4. The SMILES string of the molecule is Cc1noc(C)c1C(=O)O[C@H](C(=O)Nc1cc(Cl)cc(Cl)c1)c1ccccc1. The summed E-state index contributed by atoms with van der Waals surface area (Å²) in [6.07, 6.45) is -1.19. The maximum atomic E-state index is 12.9. The van der Waals surface area contributed by atoms with Crippen LogP contribution in [0.15, 0.2) is 53.1 Å². The normalized spacial score (nSPS) is 11.7. The van der Waals surface area contributed by atoms with E-state index in [9.17, 15) is 9.59 Å². The van der Waals surface area contributed by atoms with E-state index in [4.69, 9.17) is 32.5 Å². The van der Waals surface area contributed by atoms with Gasteiger partial charge in [0, 0.05) is 21.3 Å². The maximum absolute atomic E-state index is 12.9. The van der Waals surface area contributed by atoms with Gasteiger partial charge in [-0.25, -0.2) is 4.79 Å². The van der Waals surface area contributed by atoms with Crippen LogP contribution in [0.4, 0.5) is 5.69 Å². The van der Waals surface area contributed by atoms with Crippen LogP contribution >= 0.6 is 23.2 Å². The number of aryl methyl sites for hydroxylation is 2. The zero-order valence-electron chi connectivity index (χ0n) is 15.0. The topological polar surface area (TPSA) is 81.4 Å². The predicted molar refractivity (Wildman–Crippen MR) is 106 cm³/mol. The average molecular weight is 419 g/mol. The second-order valence-corrected chi connectivity index (χ2v) is 6.92. The van der Waals surface area contributed by atoms with Crippen molar-refractivity contribution in [2.24, 2.45) is 0 Å². The highest BCUT2D eigenvalue weighted by Gasteiger charge is 2.28. The van der Waals surface area contributed by atoms with Gasteiger partial charge in [-0.3, -0.25) is 4.79 Å². The van der Waals surface area contributed by atoms with Gasteiger partial charge in [0.1, 0.15) is 11.3 Å². The van der Waals surface area contributed by atoms with Gasteiger partial charge < -0.3 is 14.6 Å². The van der Waals surface area contributed by atoms with Gasteiger partial charge in [0.25, 0.3) is 5.91 Å². The van der Waals surface area contributed by atoms with Crippen LogP contribution in [0.3, 0.4) is 0 Å². The summed E-state index contributed by atoms with van der Waals surface area (Å²) in [5.41, 5.74) is 1.47. The van der Waals surface area contributed by atoms with Gasteiger partial charge >= 0.3 is 5.97 Å². The van der Waals surface area contributed by atoms with Crippen LogP contribution in [-0.2, 0) is 9.53 Å². The predicted octanol–water partition coefficient (Wildman–Crippen LogP) is 5.14. The van der Waals surface area contributed by atoms with Crippen LogP contribution < -0.4 is 5.32 Å². The molecule has 1 aromatic heterocycles. The Bertz CT molecular complexity index is 979. The molecule has 0 radical (unpaired) electrons. The van der Waals surface area contributed by atoms with Gasteiger partial charge in [-0.05, 0) is 32.0 Å². The number of benzene rings is 2. The largest absolute Gasteiger partial charge is 0.444 e. The summed E-state index contributed by atoms with van der Waals surface area (Å²) in [7, 11) is 0.